The number of carbonyl (C=O) groups is 1. The van der Waals surface area contributed by atoms with Crippen molar-refractivity contribution in [1.29, 1.82) is 0 Å². The smallest absolute Gasteiger partial charge is 0.333 e. The van der Waals surface area contributed by atoms with Crippen LogP contribution in [-0.2, 0) is 16.1 Å². The number of carbonyl (C=O) groups excluding carboxylic acids is 1. The molecule has 2 atom stereocenters. The van der Waals surface area contributed by atoms with Crippen LogP contribution in [0.4, 0.5) is 0 Å². The number of esters is 1. The number of ether oxygens (including phenoxy) is 1. The summed E-state index contributed by atoms with van der Waals surface area (Å²) in [5.41, 5.74) is 6.66. The first-order valence-corrected chi connectivity index (χ1v) is 7.88. The van der Waals surface area contributed by atoms with Crippen LogP contribution in [0.1, 0.15) is 35.1 Å². The van der Waals surface area contributed by atoms with Gasteiger partial charge in [0.05, 0.1) is 0 Å². The van der Waals surface area contributed by atoms with Gasteiger partial charge in [0.15, 0.2) is 0 Å². The van der Waals surface area contributed by atoms with Gasteiger partial charge in [0.1, 0.15) is 6.61 Å². The molecule has 114 valence electrons. The van der Waals surface area contributed by atoms with E-state index in [1.807, 2.05) is 0 Å². The maximum Gasteiger partial charge on any atom is 0.333 e. The minimum Gasteiger partial charge on any atom is -0.457 e. The van der Waals surface area contributed by atoms with Gasteiger partial charge in [-0.25, -0.2) is 4.79 Å². The van der Waals surface area contributed by atoms with Gasteiger partial charge in [-0.1, -0.05) is 61.2 Å². The highest BCUT2D eigenvalue weighted by molar-refractivity contribution is 5.87. The molecule has 0 fully saturated rings. The number of hydrogen-bond donors (Lipinski definition) is 0. The molecule has 0 bridgehead atoms. The quantitative estimate of drug-likeness (QED) is 0.604. The largest absolute Gasteiger partial charge is 0.457 e. The lowest BCUT2D eigenvalue weighted by Crippen LogP contribution is -2.21. The Morgan fingerprint density at radius 3 is 2.91 bits per heavy atom. The van der Waals surface area contributed by atoms with E-state index in [-0.39, 0.29) is 12.6 Å². The van der Waals surface area contributed by atoms with Gasteiger partial charge >= 0.3 is 5.97 Å². The molecule has 0 heterocycles. The summed E-state index contributed by atoms with van der Waals surface area (Å²) in [6, 6.07) is 4.19. The van der Waals surface area contributed by atoms with Gasteiger partial charge in [-0.15, -0.1) is 0 Å². The summed E-state index contributed by atoms with van der Waals surface area (Å²) in [5.74, 6) is 0.463. The minimum atomic E-state index is -0.339. The normalized spacial score (nSPS) is 22.4. The third-order valence-electron chi connectivity index (χ3n) is 4.74. The number of allylic oxidation sites excluding steroid dienone is 6. The summed E-state index contributed by atoms with van der Waals surface area (Å²) in [6.07, 6.45) is 15.4. The third-order valence-corrected chi connectivity index (χ3v) is 4.74. The molecule has 2 nitrogen and oxygen atoms in total. The number of rotatable bonds is 3. The number of hydrogen-bond acceptors (Lipinski definition) is 2. The van der Waals surface area contributed by atoms with Crippen LogP contribution < -0.4 is 0 Å². The first-order chi connectivity index (χ1) is 11.1. The van der Waals surface area contributed by atoms with Crippen LogP contribution in [0.5, 0.6) is 0 Å². The van der Waals surface area contributed by atoms with E-state index in [4.69, 9.17) is 4.74 Å². The zero-order valence-corrected chi connectivity index (χ0v) is 13.1. The highest BCUT2D eigenvalue weighted by atomic mass is 16.5. The molecule has 2 unspecified atom stereocenters. The van der Waals surface area contributed by atoms with Crippen LogP contribution >= 0.6 is 0 Å². The van der Waals surface area contributed by atoms with E-state index >= 15 is 0 Å². The zero-order chi connectivity index (χ0) is 16.0. The lowest BCUT2D eigenvalue weighted by atomic mass is 9.68. The zero-order valence-electron chi connectivity index (χ0n) is 13.1. The van der Waals surface area contributed by atoms with Gasteiger partial charge in [-0.3, -0.25) is 0 Å². The van der Waals surface area contributed by atoms with Crippen molar-refractivity contribution in [3.63, 3.8) is 0 Å². The minimum absolute atomic E-state index is 0.286. The molecule has 1 aromatic carbocycles. The van der Waals surface area contributed by atoms with Crippen LogP contribution in [0.3, 0.4) is 0 Å². The fraction of sp³-hybridized carbons (Fsp3) is 0.190. The third kappa shape index (κ3) is 2.22. The molecule has 0 saturated heterocycles. The molecule has 0 amide bonds. The van der Waals surface area contributed by atoms with Crippen LogP contribution in [0.25, 0.3) is 12.2 Å². The van der Waals surface area contributed by atoms with E-state index in [1.165, 1.54) is 22.3 Å². The van der Waals surface area contributed by atoms with Crippen molar-refractivity contribution in [2.45, 2.75) is 19.4 Å². The Morgan fingerprint density at radius 1 is 1.22 bits per heavy atom. The first kappa shape index (κ1) is 14.0. The van der Waals surface area contributed by atoms with E-state index in [9.17, 15) is 4.79 Å². The Balaban J connectivity index is 1.76. The van der Waals surface area contributed by atoms with E-state index in [0.29, 0.717) is 17.4 Å². The van der Waals surface area contributed by atoms with Gasteiger partial charge in [-0.2, -0.15) is 0 Å². The first-order valence-electron chi connectivity index (χ1n) is 7.88. The lowest BCUT2D eigenvalue weighted by Gasteiger charge is -2.35. The molecule has 0 aliphatic heterocycles. The average molecular weight is 302 g/mol. The van der Waals surface area contributed by atoms with E-state index in [2.05, 4.69) is 61.2 Å². The molecule has 0 spiro atoms. The lowest BCUT2D eigenvalue weighted by molar-refractivity contribution is -0.140. The fourth-order valence-corrected chi connectivity index (χ4v) is 3.60. The summed E-state index contributed by atoms with van der Waals surface area (Å²) >= 11 is 0. The Labute approximate surface area is 136 Å². The van der Waals surface area contributed by atoms with Crippen molar-refractivity contribution < 1.29 is 9.53 Å². The predicted molar refractivity (Wildman–Crippen MR) is 92.6 cm³/mol. The van der Waals surface area contributed by atoms with Gasteiger partial charge in [0.2, 0.25) is 0 Å². The molecule has 0 radical (unpaired) electrons. The maximum atomic E-state index is 11.7. The average Bonchev–Trinajstić information content (AvgIpc) is 2.58. The standard InChI is InChI=1S/C21H18O2/c1-13(2)21(22)23-12-17-9-8-16-7-6-14-4-3-5-15-10-11-18(17)20(16)19(14)15/h3-11,14,19H,1,12H2,2H3. The van der Waals surface area contributed by atoms with Crippen LogP contribution in [-0.4, -0.2) is 5.97 Å². The summed E-state index contributed by atoms with van der Waals surface area (Å²) < 4.78 is 5.36. The molecular weight excluding hydrogens is 284 g/mol. The number of benzene rings is 1. The van der Waals surface area contributed by atoms with Crippen molar-refractivity contribution in [1.82, 2.24) is 0 Å². The Kier molecular flexibility index (Phi) is 3.19. The molecular formula is C21H18O2. The van der Waals surface area contributed by atoms with Gasteiger partial charge < -0.3 is 4.74 Å². The van der Waals surface area contributed by atoms with Gasteiger partial charge in [0, 0.05) is 17.4 Å². The molecule has 23 heavy (non-hydrogen) atoms. The van der Waals surface area contributed by atoms with Crippen LogP contribution in [0.15, 0.2) is 60.2 Å². The molecule has 0 saturated carbocycles. The highest BCUT2D eigenvalue weighted by Crippen LogP contribution is 2.47. The second kappa shape index (κ2) is 5.24. The van der Waals surface area contributed by atoms with Crippen LogP contribution in [0.2, 0.25) is 0 Å². The van der Waals surface area contributed by atoms with Crippen molar-refractivity contribution in [3.05, 3.63) is 82.5 Å². The molecule has 1 aromatic rings. The second-order valence-corrected chi connectivity index (χ2v) is 6.30. The topological polar surface area (TPSA) is 26.3 Å². The highest BCUT2D eigenvalue weighted by Gasteiger charge is 2.33. The van der Waals surface area contributed by atoms with Gasteiger partial charge in [-0.05, 0) is 34.8 Å². The summed E-state index contributed by atoms with van der Waals surface area (Å²) in [4.78, 5) is 11.7. The van der Waals surface area contributed by atoms with Gasteiger partial charge in [0.25, 0.3) is 0 Å². The Morgan fingerprint density at radius 2 is 2.09 bits per heavy atom. The summed E-state index contributed by atoms with van der Waals surface area (Å²) in [7, 11) is 0. The van der Waals surface area contributed by atoms with Crippen molar-refractivity contribution in [2.24, 2.45) is 5.92 Å². The molecule has 2 heteroatoms. The molecule has 0 aromatic heterocycles. The monoisotopic (exact) mass is 302 g/mol. The SMILES string of the molecule is C=C(C)C(=O)OCc1ccc2c3c1C=CC1=CC=CC(C=C2)C13. The maximum absolute atomic E-state index is 11.7. The van der Waals surface area contributed by atoms with Crippen LogP contribution in [0, 0.1) is 5.92 Å². The summed E-state index contributed by atoms with van der Waals surface area (Å²) in [5, 5.41) is 0. The second-order valence-electron chi connectivity index (χ2n) is 6.30. The molecule has 3 aliphatic rings. The van der Waals surface area contributed by atoms with Crippen molar-refractivity contribution >= 4 is 18.1 Å². The van der Waals surface area contributed by atoms with Crippen molar-refractivity contribution in [2.75, 3.05) is 0 Å². The molecule has 0 N–H and O–H groups in total. The van der Waals surface area contributed by atoms with E-state index in [1.54, 1.807) is 6.92 Å². The van der Waals surface area contributed by atoms with Crippen molar-refractivity contribution in [3.8, 4) is 0 Å². The fourth-order valence-electron chi connectivity index (χ4n) is 3.60. The summed E-state index contributed by atoms with van der Waals surface area (Å²) in [6.45, 7) is 5.58. The Hall–Kier alpha value is -2.61. The van der Waals surface area contributed by atoms with E-state index < -0.39 is 0 Å². The molecule has 3 aliphatic carbocycles. The van der Waals surface area contributed by atoms with E-state index in [0.717, 1.165) is 5.56 Å². The Bertz CT molecular complexity index is 834. The molecule has 4 rings (SSSR count). The predicted octanol–water partition coefficient (Wildman–Crippen LogP) is 4.56.